The Morgan fingerprint density at radius 3 is 2.40 bits per heavy atom. The first-order valence-electron chi connectivity index (χ1n) is 12.0. The molecule has 0 saturated carbocycles. The Hall–Kier alpha value is -2.68. The lowest BCUT2D eigenvalue weighted by molar-refractivity contribution is -0.135. The fourth-order valence-corrected chi connectivity index (χ4v) is 4.64. The molecule has 0 spiro atoms. The highest BCUT2D eigenvalue weighted by Gasteiger charge is 2.25. The molecule has 0 aliphatic carbocycles. The van der Waals surface area contributed by atoms with Gasteiger partial charge in [0.25, 0.3) is 11.8 Å². The van der Waals surface area contributed by atoms with E-state index in [2.05, 4.69) is 10.2 Å². The Kier molecular flexibility index (Phi) is 8.26. The van der Waals surface area contributed by atoms with Crippen LogP contribution in [-0.2, 0) is 11.3 Å². The number of amides is 2. The van der Waals surface area contributed by atoms with Crippen LogP contribution < -0.4 is 10.1 Å². The van der Waals surface area contributed by atoms with Crippen molar-refractivity contribution in [3.05, 3.63) is 63.4 Å². The second-order valence-electron chi connectivity index (χ2n) is 9.16. The Morgan fingerprint density at radius 2 is 1.69 bits per heavy atom. The number of ether oxygens (including phenoxy) is 1. The number of halogens is 2. The third-order valence-corrected chi connectivity index (χ3v) is 6.90. The number of piperazine rings is 2. The summed E-state index contributed by atoms with van der Waals surface area (Å²) in [5, 5.41) is 3.68. The number of carbonyl (C=O) groups is 2. The first-order valence-corrected chi connectivity index (χ1v) is 12.4. The second kappa shape index (κ2) is 11.4. The van der Waals surface area contributed by atoms with Crippen molar-refractivity contribution in [1.29, 1.82) is 0 Å². The average Bonchev–Trinajstić information content (AvgIpc) is 2.87. The van der Waals surface area contributed by atoms with Crippen LogP contribution in [-0.4, -0.2) is 85.5 Å². The van der Waals surface area contributed by atoms with E-state index in [1.54, 1.807) is 41.0 Å². The van der Waals surface area contributed by atoms with Crippen LogP contribution in [0.2, 0.25) is 5.02 Å². The van der Waals surface area contributed by atoms with Crippen LogP contribution in [0.3, 0.4) is 0 Å². The van der Waals surface area contributed by atoms with Gasteiger partial charge < -0.3 is 19.9 Å². The molecule has 2 aromatic rings. The molecular formula is C26H32ClFN4O3. The van der Waals surface area contributed by atoms with E-state index >= 15 is 0 Å². The maximum atomic E-state index is 13.8. The zero-order valence-electron chi connectivity index (χ0n) is 20.3. The molecule has 7 nitrogen and oxygen atoms in total. The van der Waals surface area contributed by atoms with E-state index < -0.39 is 0 Å². The summed E-state index contributed by atoms with van der Waals surface area (Å²) in [6.07, 6.45) is 0. The van der Waals surface area contributed by atoms with Crippen molar-refractivity contribution in [3.8, 4) is 5.75 Å². The van der Waals surface area contributed by atoms with Crippen molar-refractivity contribution in [2.75, 3.05) is 59.0 Å². The van der Waals surface area contributed by atoms with Gasteiger partial charge in [-0.05, 0) is 54.8 Å². The van der Waals surface area contributed by atoms with Gasteiger partial charge in [0.1, 0.15) is 11.6 Å². The van der Waals surface area contributed by atoms with Crippen molar-refractivity contribution in [2.24, 2.45) is 0 Å². The zero-order valence-corrected chi connectivity index (χ0v) is 21.0. The topological polar surface area (TPSA) is 65.1 Å². The first-order chi connectivity index (χ1) is 16.8. The Labute approximate surface area is 210 Å². The van der Waals surface area contributed by atoms with Crippen molar-refractivity contribution < 1.29 is 18.7 Å². The number of benzene rings is 2. The van der Waals surface area contributed by atoms with Crippen LogP contribution in [0.15, 0.2) is 30.3 Å². The number of carbonyl (C=O) groups excluding carboxylic acids is 2. The largest absolute Gasteiger partial charge is 0.483 e. The van der Waals surface area contributed by atoms with Gasteiger partial charge in [-0.15, -0.1) is 0 Å². The van der Waals surface area contributed by atoms with Crippen molar-refractivity contribution in [1.82, 2.24) is 20.0 Å². The number of hydrogen-bond acceptors (Lipinski definition) is 5. The average molecular weight is 503 g/mol. The molecule has 0 atom stereocenters. The van der Waals surface area contributed by atoms with E-state index in [4.69, 9.17) is 16.3 Å². The van der Waals surface area contributed by atoms with Gasteiger partial charge in [-0.2, -0.15) is 0 Å². The van der Waals surface area contributed by atoms with Crippen molar-refractivity contribution >= 4 is 23.4 Å². The van der Waals surface area contributed by atoms with E-state index in [0.29, 0.717) is 48.1 Å². The molecule has 1 N–H and O–H groups in total. The summed E-state index contributed by atoms with van der Waals surface area (Å²) in [6, 6.07) is 8.40. The van der Waals surface area contributed by atoms with Gasteiger partial charge in [0, 0.05) is 63.9 Å². The summed E-state index contributed by atoms with van der Waals surface area (Å²) in [5.74, 6) is -0.0717. The lowest BCUT2D eigenvalue weighted by Crippen LogP contribution is -2.49. The zero-order chi connectivity index (χ0) is 24.9. The molecule has 35 heavy (non-hydrogen) atoms. The Morgan fingerprint density at radius 1 is 0.971 bits per heavy atom. The van der Waals surface area contributed by atoms with E-state index in [1.165, 1.54) is 0 Å². The molecule has 9 heteroatoms. The molecule has 2 aromatic carbocycles. The number of hydrogen-bond donors (Lipinski definition) is 1. The Bertz CT molecular complexity index is 1080. The quantitative estimate of drug-likeness (QED) is 0.658. The predicted octanol–water partition coefficient (Wildman–Crippen LogP) is 2.86. The second-order valence-corrected chi connectivity index (χ2v) is 9.59. The van der Waals surface area contributed by atoms with E-state index in [1.807, 2.05) is 13.0 Å². The fourth-order valence-electron chi connectivity index (χ4n) is 4.47. The minimum absolute atomic E-state index is 0.117. The molecule has 2 saturated heterocycles. The Balaban J connectivity index is 1.31. The SMILES string of the molecule is Cc1cc(CN2CCN(C(=O)COc3ccc(Cl)cc3C(=O)N3CCNCC3)CC2)c(C)cc1F. The molecule has 4 rings (SSSR count). The van der Waals surface area contributed by atoms with Crippen LogP contribution in [0.1, 0.15) is 27.0 Å². The molecule has 0 unspecified atom stereocenters. The summed E-state index contributed by atoms with van der Waals surface area (Å²) < 4.78 is 19.6. The first kappa shape index (κ1) is 25.4. The molecule has 0 aromatic heterocycles. The number of nitrogens with zero attached hydrogens (tertiary/aromatic N) is 3. The van der Waals surface area contributed by atoms with Gasteiger partial charge in [-0.3, -0.25) is 14.5 Å². The van der Waals surface area contributed by atoms with E-state index in [0.717, 1.165) is 43.9 Å². The van der Waals surface area contributed by atoms with E-state index in [-0.39, 0.29) is 24.2 Å². The van der Waals surface area contributed by atoms with Gasteiger partial charge in [0.05, 0.1) is 5.56 Å². The monoisotopic (exact) mass is 502 g/mol. The maximum Gasteiger partial charge on any atom is 0.260 e. The summed E-state index contributed by atoms with van der Waals surface area (Å²) in [6.45, 7) is 9.66. The minimum Gasteiger partial charge on any atom is -0.483 e. The van der Waals surface area contributed by atoms with Crippen molar-refractivity contribution in [3.63, 3.8) is 0 Å². The summed E-state index contributed by atoms with van der Waals surface area (Å²) in [5.41, 5.74) is 3.07. The molecule has 2 heterocycles. The molecule has 2 amide bonds. The van der Waals surface area contributed by atoms with Crippen LogP contribution in [0, 0.1) is 19.7 Å². The molecule has 2 fully saturated rings. The van der Waals surface area contributed by atoms with Gasteiger partial charge in [0.15, 0.2) is 6.61 Å². The molecule has 0 radical (unpaired) electrons. The van der Waals surface area contributed by atoms with E-state index in [9.17, 15) is 14.0 Å². The highest BCUT2D eigenvalue weighted by atomic mass is 35.5. The number of nitrogens with one attached hydrogen (secondary N) is 1. The lowest BCUT2D eigenvalue weighted by atomic mass is 10.0. The minimum atomic E-state index is -0.180. The number of rotatable bonds is 6. The molecule has 0 bridgehead atoms. The van der Waals surface area contributed by atoms with Crippen LogP contribution in [0.5, 0.6) is 5.75 Å². The van der Waals surface area contributed by atoms with Crippen molar-refractivity contribution in [2.45, 2.75) is 20.4 Å². The third kappa shape index (κ3) is 6.31. The van der Waals surface area contributed by atoms with Gasteiger partial charge in [-0.25, -0.2) is 4.39 Å². The van der Waals surface area contributed by atoms with Crippen LogP contribution in [0.4, 0.5) is 4.39 Å². The van der Waals surface area contributed by atoms with Gasteiger partial charge in [-0.1, -0.05) is 17.7 Å². The maximum absolute atomic E-state index is 13.8. The molecular weight excluding hydrogens is 471 g/mol. The summed E-state index contributed by atoms with van der Waals surface area (Å²) in [7, 11) is 0. The normalized spacial score (nSPS) is 16.9. The molecule has 2 aliphatic rings. The highest BCUT2D eigenvalue weighted by Crippen LogP contribution is 2.25. The van der Waals surface area contributed by atoms with Crippen LogP contribution in [0.25, 0.3) is 0 Å². The lowest BCUT2D eigenvalue weighted by Gasteiger charge is -2.35. The van der Waals surface area contributed by atoms with Gasteiger partial charge >= 0.3 is 0 Å². The third-order valence-electron chi connectivity index (χ3n) is 6.66. The van der Waals surface area contributed by atoms with Gasteiger partial charge in [0.2, 0.25) is 0 Å². The highest BCUT2D eigenvalue weighted by molar-refractivity contribution is 6.31. The fraction of sp³-hybridized carbons (Fsp3) is 0.462. The molecule has 2 aliphatic heterocycles. The standard InChI is InChI=1S/C26H32ClFN4O3/c1-18-14-23(28)19(2)13-20(18)16-30-9-11-31(12-10-30)25(33)17-35-24-4-3-21(27)15-22(24)26(34)32-7-5-29-6-8-32/h3-4,13-15,29H,5-12,16-17H2,1-2H3. The summed E-state index contributed by atoms with van der Waals surface area (Å²) >= 11 is 6.14. The summed E-state index contributed by atoms with van der Waals surface area (Å²) in [4.78, 5) is 31.7. The molecule has 188 valence electrons. The smallest absolute Gasteiger partial charge is 0.260 e. The van der Waals surface area contributed by atoms with Crippen LogP contribution >= 0.6 is 11.6 Å². The predicted molar refractivity (Wildman–Crippen MR) is 133 cm³/mol. The number of aryl methyl sites for hydroxylation is 2.